The highest BCUT2D eigenvalue weighted by Crippen LogP contribution is 2.08. The SMILES string of the molecule is CCN(C(=O)Cn1ccnn1)C1CCNC1. The maximum atomic E-state index is 12.0. The summed E-state index contributed by atoms with van der Waals surface area (Å²) in [4.78, 5) is 14.0. The van der Waals surface area contributed by atoms with Crippen molar-refractivity contribution in [1.82, 2.24) is 25.2 Å². The van der Waals surface area contributed by atoms with Crippen molar-refractivity contribution in [3.05, 3.63) is 12.4 Å². The standard InChI is InChI=1S/C10H17N5O/c1-2-15(9-3-4-11-7-9)10(16)8-14-6-5-12-13-14/h5-6,9,11H,2-4,7-8H2,1H3. The number of hydrogen-bond acceptors (Lipinski definition) is 4. The molecular weight excluding hydrogens is 206 g/mol. The van der Waals surface area contributed by atoms with Gasteiger partial charge in [0.1, 0.15) is 6.54 Å². The molecule has 1 aromatic rings. The van der Waals surface area contributed by atoms with Crippen molar-refractivity contribution >= 4 is 5.91 Å². The summed E-state index contributed by atoms with van der Waals surface area (Å²) in [7, 11) is 0. The molecule has 2 rings (SSSR count). The lowest BCUT2D eigenvalue weighted by Gasteiger charge is -2.27. The second-order valence-corrected chi connectivity index (χ2v) is 3.93. The van der Waals surface area contributed by atoms with Crippen molar-refractivity contribution in [2.45, 2.75) is 25.9 Å². The van der Waals surface area contributed by atoms with Gasteiger partial charge >= 0.3 is 0 Å². The summed E-state index contributed by atoms with van der Waals surface area (Å²) in [5.41, 5.74) is 0. The molecule has 0 saturated carbocycles. The zero-order valence-electron chi connectivity index (χ0n) is 9.46. The van der Waals surface area contributed by atoms with Crippen LogP contribution in [0.4, 0.5) is 0 Å². The van der Waals surface area contributed by atoms with E-state index in [1.165, 1.54) is 0 Å². The quantitative estimate of drug-likeness (QED) is 0.746. The summed E-state index contributed by atoms with van der Waals surface area (Å²) in [5, 5.41) is 10.8. The van der Waals surface area contributed by atoms with E-state index in [0.29, 0.717) is 6.04 Å². The molecule has 1 aliphatic heterocycles. The number of likely N-dealkylation sites (N-methyl/N-ethyl adjacent to an activating group) is 1. The van der Waals surface area contributed by atoms with Crippen molar-refractivity contribution in [1.29, 1.82) is 0 Å². The molecule has 1 aromatic heterocycles. The van der Waals surface area contributed by atoms with Gasteiger partial charge in [-0.05, 0) is 19.9 Å². The van der Waals surface area contributed by atoms with E-state index in [0.717, 1.165) is 26.1 Å². The number of carbonyl (C=O) groups excluding carboxylic acids is 1. The first-order valence-electron chi connectivity index (χ1n) is 5.65. The van der Waals surface area contributed by atoms with Gasteiger partial charge in [0.25, 0.3) is 0 Å². The third-order valence-electron chi connectivity index (χ3n) is 2.91. The Labute approximate surface area is 94.6 Å². The van der Waals surface area contributed by atoms with Crippen LogP contribution in [0.5, 0.6) is 0 Å². The molecule has 0 bridgehead atoms. The van der Waals surface area contributed by atoms with Gasteiger partial charge in [-0.15, -0.1) is 5.10 Å². The Morgan fingerprint density at radius 1 is 1.69 bits per heavy atom. The number of amides is 1. The second kappa shape index (κ2) is 5.07. The molecule has 1 atom stereocenters. The molecule has 6 heteroatoms. The van der Waals surface area contributed by atoms with Crippen LogP contribution >= 0.6 is 0 Å². The molecule has 1 unspecified atom stereocenters. The Hall–Kier alpha value is -1.43. The molecule has 1 aliphatic rings. The molecule has 0 radical (unpaired) electrons. The van der Waals surface area contributed by atoms with Gasteiger partial charge in [-0.1, -0.05) is 5.21 Å². The normalized spacial score (nSPS) is 19.9. The first kappa shape index (κ1) is 11.1. The maximum Gasteiger partial charge on any atom is 0.244 e. The van der Waals surface area contributed by atoms with Crippen molar-refractivity contribution in [2.75, 3.05) is 19.6 Å². The van der Waals surface area contributed by atoms with E-state index in [-0.39, 0.29) is 12.5 Å². The van der Waals surface area contributed by atoms with Crippen LogP contribution in [0.15, 0.2) is 12.4 Å². The molecule has 6 nitrogen and oxygen atoms in total. The van der Waals surface area contributed by atoms with Crippen molar-refractivity contribution in [3.63, 3.8) is 0 Å². The molecule has 16 heavy (non-hydrogen) atoms. The minimum atomic E-state index is 0.113. The minimum absolute atomic E-state index is 0.113. The lowest BCUT2D eigenvalue weighted by Crippen LogP contribution is -2.43. The number of hydrogen-bond donors (Lipinski definition) is 1. The van der Waals surface area contributed by atoms with Crippen LogP contribution in [0, 0.1) is 0 Å². The fourth-order valence-corrected chi connectivity index (χ4v) is 2.09. The zero-order valence-corrected chi connectivity index (χ0v) is 9.46. The Morgan fingerprint density at radius 2 is 2.56 bits per heavy atom. The van der Waals surface area contributed by atoms with Crippen LogP contribution in [-0.2, 0) is 11.3 Å². The molecule has 0 aliphatic carbocycles. The Kier molecular flexibility index (Phi) is 3.51. The lowest BCUT2D eigenvalue weighted by atomic mass is 10.2. The molecule has 1 fully saturated rings. The molecule has 2 heterocycles. The minimum Gasteiger partial charge on any atom is -0.337 e. The highest BCUT2D eigenvalue weighted by atomic mass is 16.2. The number of nitrogens with one attached hydrogen (secondary N) is 1. The number of carbonyl (C=O) groups is 1. The van der Waals surface area contributed by atoms with Crippen LogP contribution in [0.25, 0.3) is 0 Å². The summed E-state index contributed by atoms with van der Waals surface area (Å²) in [5.74, 6) is 0.113. The van der Waals surface area contributed by atoms with E-state index < -0.39 is 0 Å². The monoisotopic (exact) mass is 223 g/mol. The third kappa shape index (κ3) is 2.38. The van der Waals surface area contributed by atoms with Crippen LogP contribution < -0.4 is 5.32 Å². The largest absolute Gasteiger partial charge is 0.337 e. The molecule has 1 N–H and O–H groups in total. The molecule has 1 saturated heterocycles. The third-order valence-corrected chi connectivity index (χ3v) is 2.91. The Morgan fingerprint density at radius 3 is 3.12 bits per heavy atom. The topological polar surface area (TPSA) is 63.1 Å². The van der Waals surface area contributed by atoms with E-state index in [9.17, 15) is 4.79 Å². The Bertz CT molecular complexity index is 331. The van der Waals surface area contributed by atoms with Gasteiger partial charge in [-0.2, -0.15) is 0 Å². The van der Waals surface area contributed by atoms with E-state index in [1.54, 1.807) is 17.1 Å². The summed E-state index contributed by atoms with van der Waals surface area (Å²) in [6.07, 6.45) is 4.33. The van der Waals surface area contributed by atoms with Crippen LogP contribution in [0.1, 0.15) is 13.3 Å². The first-order valence-corrected chi connectivity index (χ1v) is 5.65. The molecule has 1 amide bonds. The zero-order chi connectivity index (χ0) is 11.4. The van der Waals surface area contributed by atoms with Gasteiger partial charge in [0.2, 0.25) is 5.91 Å². The Balaban J connectivity index is 1.95. The van der Waals surface area contributed by atoms with Crippen molar-refractivity contribution < 1.29 is 4.79 Å². The number of aromatic nitrogens is 3. The smallest absolute Gasteiger partial charge is 0.244 e. The van der Waals surface area contributed by atoms with Gasteiger partial charge in [-0.25, -0.2) is 4.68 Å². The average molecular weight is 223 g/mol. The summed E-state index contributed by atoms with van der Waals surface area (Å²) < 4.78 is 1.56. The average Bonchev–Trinajstić information content (AvgIpc) is 2.91. The van der Waals surface area contributed by atoms with Crippen molar-refractivity contribution in [2.24, 2.45) is 0 Å². The second-order valence-electron chi connectivity index (χ2n) is 3.93. The van der Waals surface area contributed by atoms with E-state index in [1.807, 2.05) is 11.8 Å². The predicted octanol–water partition coefficient (Wildman–Crippen LogP) is -0.511. The molecular formula is C10H17N5O. The van der Waals surface area contributed by atoms with E-state index in [4.69, 9.17) is 0 Å². The highest BCUT2D eigenvalue weighted by Gasteiger charge is 2.25. The molecule has 88 valence electrons. The van der Waals surface area contributed by atoms with Gasteiger partial charge in [0, 0.05) is 25.3 Å². The lowest BCUT2D eigenvalue weighted by molar-refractivity contribution is -0.133. The molecule has 0 aromatic carbocycles. The fraction of sp³-hybridized carbons (Fsp3) is 0.700. The number of nitrogens with zero attached hydrogens (tertiary/aromatic N) is 4. The predicted molar refractivity (Wildman–Crippen MR) is 58.7 cm³/mol. The summed E-state index contributed by atoms with van der Waals surface area (Å²) in [6, 6.07) is 0.334. The maximum absolute atomic E-state index is 12.0. The van der Waals surface area contributed by atoms with Crippen LogP contribution in [0.2, 0.25) is 0 Å². The highest BCUT2D eigenvalue weighted by molar-refractivity contribution is 5.76. The van der Waals surface area contributed by atoms with Gasteiger partial charge in [-0.3, -0.25) is 4.79 Å². The first-order chi connectivity index (χ1) is 7.81. The van der Waals surface area contributed by atoms with E-state index >= 15 is 0 Å². The van der Waals surface area contributed by atoms with Gasteiger partial charge in [0.05, 0.1) is 6.20 Å². The van der Waals surface area contributed by atoms with Crippen LogP contribution in [-0.4, -0.2) is 51.5 Å². The summed E-state index contributed by atoms with van der Waals surface area (Å²) in [6.45, 7) is 4.94. The fourth-order valence-electron chi connectivity index (χ4n) is 2.09. The summed E-state index contributed by atoms with van der Waals surface area (Å²) >= 11 is 0. The van der Waals surface area contributed by atoms with E-state index in [2.05, 4.69) is 15.6 Å². The van der Waals surface area contributed by atoms with Crippen LogP contribution in [0.3, 0.4) is 0 Å². The van der Waals surface area contributed by atoms with Gasteiger partial charge in [0.15, 0.2) is 0 Å². The van der Waals surface area contributed by atoms with Crippen molar-refractivity contribution in [3.8, 4) is 0 Å². The molecule has 0 spiro atoms. The van der Waals surface area contributed by atoms with Gasteiger partial charge < -0.3 is 10.2 Å². The number of rotatable bonds is 4.